The van der Waals surface area contributed by atoms with Crippen molar-refractivity contribution in [3.05, 3.63) is 35.0 Å². The first-order valence-electron chi connectivity index (χ1n) is 3.60. The summed E-state index contributed by atoms with van der Waals surface area (Å²) in [4.78, 5) is 0.415. The molecule has 0 aliphatic heterocycles. The number of nitriles is 1. The molecule has 66 valence electrons. The molecule has 1 rings (SSSR count). The molecule has 0 aliphatic rings. The number of hydrogen-bond acceptors (Lipinski definition) is 3. The minimum absolute atomic E-state index is 0.415. The maximum atomic E-state index is 10.4. The lowest BCUT2D eigenvalue weighted by atomic mass is 10.2. The van der Waals surface area contributed by atoms with Gasteiger partial charge in [-0.3, -0.25) is 0 Å². The van der Waals surface area contributed by atoms with Gasteiger partial charge >= 0.3 is 0 Å². The Morgan fingerprint density at radius 2 is 2.08 bits per heavy atom. The molecular weight excluding hydrogens is 168 g/mol. The van der Waals surface area contributed by atoms with Gasteiger partial charge in [0.05, 0.1) is 16.9 Å². The molecule has 0 saturated heterocycles. The highest BCUT2D eigenvalue weighted by Gasteiger charge is 1.95. The molecule has 1 aromatic carbocycles. The van der Waals surface area contributed by atoms with Crippen molar-refractivity contribution in [3.63, 3.8) is 0 Å². The summed E-state index contributed by atoms with van der Waals surface area (Å²) in [6.07, 6.45) is 0. The van der Waals surface area contributed by atoms with Gasteiger partial charge in [0, 0.05) is 0 Å². The molecule has 0 fully saturated rings. The molecule has 5 heteroatoms. The van der Waals surface area contributed by atoms with Gasteiger partial charge in [0.25, 0.3) is 0 Å². The first-order chi connectivity index (χ1) is 6.22. The van der Waals surface area contributed by atoms with Crippen LogP contribution in [-0.2, 0) is 0 Å². The van der Waals surface area contributed by atoms with Crippen LogP contribution in [-0.4, -0.2) is 11.9 Å². The Kier molecular flexibility index (Phi) is 2.82. The lowest BCUT2D eigenvalue weighted by Gasteiger charge is -1.97. The van der Waals surface area contributed by atoms with Crippen molar-refractivity contribution in [2.75, 3.05) is 12.5 Å². The maximum Gasteiger partial charge on any atom is 0.146 e. The molecular formula is C8H8N4O. The van der Waals surface area contributed by atoms with E-state index in [1.165, 1.54) is 7.05 Å². The zero-order valence-corrected chi connectivity index (χ0v) is 7.06. The summed E-state index contributed by atoms with van der Waals surface area (Å²) in [5.41, 5.74) is 3.76. The number of hydrogen-bond donors (Lipinski definition) is 1. The Hall–Kier alpha value is -2.09. The van der Waals surface area contributed by atoms with Crippen LogP contribution in [0.4, 0.5) is 5.69 Å². The van der Waals surface area contributed by atoms with Crippen molar-refractivity contribution < 1.29 is 4.86 Å². The van der Waals surface area contributed by atoms with Gasteiger partial charge in [-0.05, 0) is 24.3 Å². The summed E-state index contributed by atoms with van der Waals surface area (Å²) in [5.74, 6) is 0. The molecule has 0 aliphatic carbocycles. The second kappa shape index (κ2) is 4.07. The van der Waals surface area contributed by atoms with Crippen LogP contribution in [0.5, 0.6) is 0 Å². The quantitative estimate of drug-likeness (QED) is 0.421. The van der Waals surface area contributed by atoms with Gasteiger partial charge in [-0.1, -0.05) is 0 Å². The van der Waals surface area contributed by atoms with Crippen LogP contribution in [0, 0.1) is 16.5 Å². The van der Waals surface area contributed by atoms with Crippen LogP contribution in [0.2, 0.25) is 0 Å². The van der Waals surface area contributed by atoms with Gasteiger partial charge in [-0.15, -0.1) is 5.43 Å². The van der Waals surface area contributed by atoms with E-state index in [-0.39, 0.29) is 0 Å². The van der Waals surface area contributed by atoms with Crippen LogP contribution in [0.25, 0.3) is 0 Å². The largest absolute Gasteiger partial charge is 0.696 e. The minimum Gasteiger partial charge on any atom is -0.696 e. The minimum atomic E-state index is 0.415. The first kappa shape index (κ1) is 9.00. The molecule has 0 saturated carbocycles. The first-order valence-corrected chi connectivity index (χ1v) is 3.60. The fourth-order valence-corrected chi connectivity index (χ4v) is 0.747. The predicted molar refractivity (Wildman–Crippen MR) is 46.8 cm³/mol. The number of anilines is 1. The molecule has 1 aromatic rings. The monoisotopic (exact) mass is 176 g/mol. The molecule has 0 radical (unpaired) electrons. The van der Waals surface area contributed by atoms with E-state index in [2.05, 4.69) is 10.6 Å². The summed E-state index contributed by atoms with van der Waals surface area (Å²) < 4.78 is 0. The van der Waals surface area contributed by atoms with Crippen molar-refractivity contribution in [2.24, 2.45) is 5.22 Å². The number of nitrogens with one attached hydrogen (secondary N) is 1. The van der Waals surface area contributed by atoms with Gasteiger partial charge in [0.15, 0.2) is 0 Å². The fourth-order valence-electron chi connectivity index (χ4n) is 0.747. The van der Waals surface area contributed by atoms with E-state index in [1.54, 1.807) is 24.3 Å². The zero-order valence-electron chi connectivity index (χ0n) is 7.06. The normalized spacial score (nSPS) is 10.6. The van der Waals surface area contributed by atoms with E-state index < -0.39 is 0 Å². The van der Waals surface area contributed by atoms with E-state index in [0.717, 1.165) is 0 Å². The number of nitrogens with zero attached hydrogens (tertiary/aromatic N) is 3. The van der Waals surface area contributed by atoms with Crippen molar-refractivity contribution in [3.8, 4) is 6.07 Å². The molecule has 0 spiro atoms. The molecule has 5 nitrogen and oxygen atoms in total. The third kappa shape index (κ3) is 2.79. The molecule has 1 N–H and O–H groups in total. The van der Waals surface area contributed by atoms with Gasteiger partial charge in [-0.2, -0.15) is 10.1 Å². The summed E-state index contributed by atoms with van der Waals surface area (Å²) in [6.45, 7) is 0. The van der Waals surface area contributed by atoms with Gasteiger partial charge in [-0.25, -0.2) is 0 Å². The smallest absolute Gasteiger partial charge is 0.146 e. The highest BCUT2D eigenvalue weighted by atomic mass is 16.5. The lowest BCUT2D eigenvalue weighted by Crippen LogP contribution is -1.96. The second-order valence-corrected chi connectivity index (χ2v) is 2.37. The SMILES string of the molecule is C[N+]([O-])=NNc1ccc(C#N)cc1. The standard InChI is InChI=1S/C8H8N4O/c1-12(13)11-10-8-4-2-7(6-9)3-5-8/h2-5,10H,1H3. The summed E-state index contributed by atoms with van der Waals surface area (Å²) in [5, 5.41) is 22.3. The van der Waals surface area contributed by atoms with E-state index >= 15 is 0 Å². The Balaban J connectivity index is 2.71. The highest BCUT2D eigenvalue weighted by Crippen LogP contribution is 2.08. The van der Waals surface area contributed by atoms with Gasteiger partial charge < -0.3 is 5.21 Å². The van der Waals surface area contributed by atoms with Gasteiger partial charge in [0.1, 0.15) is 12.7 Å². The van der Waals surface area contributed by atoms with Crippen LogP contribution in [0.15, 0.2) is 29.5 Å². The zero-order chi connectivity index (χ0) is 9.68. The van der Waals surface area contributed by atoms with E-state index in [9.17, 15) is 5.21 Å². The summed E-state index contributed by atoms with van der Waals surface area (Å²) in [7, 11) is 1.27. The van der Waals surface area contributed by atoms with E-state index in [1.807, 2.05) is 6.07 Å². The third-order valence-corrected chi connectivity index (χ3v) is 1.33. The summed E-state index contributed by atoms with van der Waals surface area (Å²) >= 11 is 0. The fraction of sp³-hybridized carbons (Fsp3) is 0.125. The van der Waals surface area contributed by atoms with Crippen molar-refractivity contribution in [2.45, 2.75) is 0 Å². The number of benzene rings is 1. The van der Waals surface area contributed by atoms with Crippen LogP contribution < -0.4 is 5.43 Å². The summed E-state index contributed by atoms with van der Waals surface area (Å²) in [6, 6.07) is 8.62. The van der Waals surface area contributed by atoms with E-state index in [4.69, 9.17) is 5.26 Å². The lowest BCUT2D eigenvalue weighted by molar-refractivity contribution is -0.497. The van der Waals surface area contributed by atoms with Crippen LogP contribution >= 0.6 is 0 Å². The predicted octanol–water partition coefficient (Wildman–Crippen LogP) is 1.48. The van der Waals surface area contributed by atoms with Crippen LogP contribution in [0.1, 0.15) is 5.56 Å². The maximum absolute atomic E-state index is 10.4. The Morgan fingerprint density at radius 3 is 2.54 bits per heavy atom. The van der Waals surface area contributed by atoms with Crippen molar-refractivity contribution >= 4 is 5.69 Å². The highest BCUT2D eigenvalue weighted by molar-refractivity contribution is 5.46. The second-order valence-electron chi connectivity index (χ2n) is 2.37. The average Bonchev–Trinajstić information content (AvgIpc) is 2.15. The molecule has 0 heterocycles. The molecule has 0 unspecified atom stereocenters. The Bertz CT molecular complexity index is 345. The molecule has 0 bridgehead atoms. The van der Waals surface area contributed by atoms with Gasteiger partial charge in [0.2, 0.25) is 0 Å². The average molecular weight is 176 g/mol. The Labute approximate surface area is 75.5 Å². The van der Waals surface area contributed by atoms with Crippen LogP contribution in [0.3, 0.4) is 0 Å². The van der Waals surface area contributed by atoms with Crippen molar-refractivity contribution in [1.82, 2.24) is 0 Å². The molecule has 13 heavy (non-hydrogen) atoms. The number of hydroxylamine groups is 1. The van der Waals surface area contributed by atoms with Crippen molar-refractivity contribution in [1.29, 1.82) is 5.26 Å². The Morgan fingerprint density at radius 1 is 1.46 bits per heavy atom. The third-order valence-electron chi connectivity index (χ3n) is 1.33. The molecule has 0 aromatic heterocycles. The topological polar surface area (TPSA) is 74.2 Å². The number of rotatable bonds is 2. The molecule has 0 atom stereocenters. The molecule has 0 amide bonds. The van der Waals surface area contributed by atoms with E-state index in [0.29, 0.717) is 16.1 Å².